The lowest BCUT2D eigenvalue weighted by atomic mass is 10.3. The number of aromatic nitrogens is 2. The lowest BCUT2D eigenvalue weighted by molar-refractivity contribution is 0.142. The van der Waals surface area contributed by atoms with Crippen LogP contribution in [0.5, 0.6) is 0 Å². The first-order chi connectivity index (χ1) is 8.17. The Morgan fingerprint density at radius 1 is 1.47 bits per heavy atom. The Bertz CT molecular complexity index is 322. The average molecular weight is 239 g/mol. The number of anilines is 1. The standard InChI is InChI=1S/C13H25N3O/c1-5-11(3)14-13-15-12(4)10-16(13)8-7-9-17-6-2/h10-11H,5-9H2,1-4H3,(H,14,15). The summed E-state index contributed by atoms with van der Waals surface area (Å²) in [5.41, 5.74) is 1.06. The van der Waals surface area contributed by atoms with Gasteiger partial charge >= 0.3 is 0 Å². The lowest BCUT2D eigenvalue weighted by Crippen LogP contribution is -2.17. The molecule has 4 nitrogen and oxygen atoms in total. The van der Waals surface area contributed by atoms with E-state index in [2.05, 4.69) is 34.9 Å². The number of imidazole rings is 1. The van der Waals surface area contributed by atoms with Crippen molar-refractivity contribution in [3.63, 3.8) is 0 Å². The van der Waals surface area contributed by atoms with E-state index >= 15 is 0 Å². The van der Waals surface area contributed by atoms with Crippen LogP contribution < -0.4 is 5.32 Å². The Labute approximate surface area is 104 Å². The van der Waals surface area contributed by atoms with Gasteiger partial charge < -0.3 is 14.6 Å². The molecule has 1 N–H and O–H groups in total. The molecular weight excluding hydrogens is 214 g/mol. The van der Waals surface area contributed by atoms with Crippen LogP contribution in [0.4, 0.5) is 5.95 Å². The van der Waals surface area contributed by atoms with Crippen LogP contribution in [0, 0.1) is 6.92 Å². The molecule has 0 aliphatic heterocycles. The van der Waals surface area contributed by atoms with Crippen LogP contribution in [-0.4, -0.2) is 28.8 Å². The zero-order valence-corrected chi connectivity index (χ0v) is 11.5. The third kappa shape index (κ3) is 4.77. The van der Waals surface area contributed by atoms with Crippen molar-refractivity contribution >= 4 is 5.95 Å². The number of hydrogen-bond donors (Lipinski definition) is 1. The van der Waals surface area contributed by atoms with E-state index in [9.17, 15) is 0 Å². The van der Waals surface area contributed by atoms with Gasteiger partial charge in [0, 0.05) is 32.0 Å². The molecule has 0 saturated heterocycles. The third-order valence-corrected chi connectivity index (χ3v) is 2.78. The van der Waals surface area contributed by atoms with Crippen molar-refractivity contribution in [3.8, 4) is 0 Å². The molecular formula is C13H25N3O. The zero-order valence-electron chi connectivity index (χ0n) is 11.5. The first-order valence-electron chi connectivity index (χ1n) is 6.55. The summed E-state index contributed by atoms with van der Waals surface area (Å²) in [7, 11) is 0. The molecule has 1 atom stereocenters. The smallest absolute Gasteiger partial charge is 0.203 e. The van der Waals surface area contributed by atoms with Gasteiger partial charge in [-0.25, -0.2) is 4.98 Å². The number of aryl methyl sites for hydroxylation is 2. The SMILES string of the molecule is CCOCCCn1cc(C)nc1NC(C)CC. The van der Waals surface area contributed by atoms with Crippen LogP contribution in [0.25, 0.3) is 0 Å². The maximum atomic E-state index is 5.35. The minimum Gasteiger partial charge on any atom is -0.382 e. The zero-order chi connectivity index (χ0) is 12.7. The van der Waals surface area contributed by atoms with E-state index < -0.39 is 0 Å². The van der Waals surface area contributed by atoms with E-state index in [1.165, 1.54) is 0 Å². The summed E-state index contributed by atoms with van der Waals surface area (Å²) in [4.78, 5) is 4.51. The molecule has 0 amide bonds. The summed E-state index contributed by atoms with van der Waals surface area (Å²) in [6.45, 7) is 11.0. The highest BCUT2D eigenvalue weighted by molar-refractivity contribution is 5.29. The van der Waals surface area contributed by atoms with Crippen LogP contribution in [-0.2, 0) is 11.3 Å². The van der Waals surface area contributed by atoms with E-state index in [4.69, 9.17) is 4.74 Å². The fourth-order valence-electron chi connectivity index (χ4n) is 1.64. The van der Waals surface area contributed by atoms with Gasteiger partial charge in [0.2, 0.25) is 5.95 Å². The second-order valence-electron chi connectivity index (χ2n) is 4.40. The molecule has 0 fully saturated rings. The minimum atomic E-state index is 0.461. The summed E-state index contributed by atoms with van der Waals surface area (Å²) in [6, 6.07) is 0.461. The normalized spacial score (nSPS) is 12.7. The van der Waals surface area contributed by atoms with E-state index in [1.54, 1.807) is 0 Å². The molecule has 0 aliphatic carbocycles. The summed E-state index contributed by atoms with van der Waals surface area (Å²) >= 11 is 0. The third-order valence-electron chi connectivity index (χ3n) is 2.78. The van der Waals surface area contributed by atoms with Gasteiger partial charge in [-0.15, -0.1) is 0 Å². The molecule has 1 aromatic rings. The van der Waals surface area contributed by atoms with Crippen molar-refractivity contribution in [1.29, 1.82) is 0 Å². The highest BCUT2D eigenvalue weighted by Crippen LogP contribution is 2.11. The number of nitrogens with one attached hydrogen (secondary N) is 1. The van der Waals surface area contributed by atoms with Crippen molar-refractivity contribution in [1.82, 2.24) is 9.55 Å². The highest BCUT2D eigenvalue weighted by atomic mass is 16.5. The molecule has 1 aromatic heterocycles. The largest absolute Gasteiger partial charge is 0.382 e. The Hall–Kier alpha value is -1.03. The van der Waals surface area contributed by atoms with Crippen molar-refractivity contribution in [2.75, 3.05) is 18.5 Å². The first kappa shape index (κ1) is 14.0. The predicted octanol–water partition coefficient (Wildman–Crippen LogP) is 2.83. The number of nitrogens with zero attached hydrogens (tertiary/aromatic N) is 2. The summed E-state index contributed by atoms with van der Waals surface area (Å²) in [6.07, 6.45) is 4.22. The Balaban J connectivity index is 2.51. The Morgan fingerprint density at radius 3 is 2.88 bits per heavy atom. The molecule has 4 heteroatoms. The highest BCUT2D eigenvalue weighted by Gasteiger charge is 2.07. The van der Waals surface area contributed by atoms with Crippen LogP contribution >= 0.6 is 0 Å². The van der Waals surface area contributed by atoms with E-state index in [0.29, 0.717) is 6.04 Å². The molecule has 0 bridgehead atoms. The lowest BCUT2D eigenvalue weighted by Gasteiger charge is -2.14. The molecule has 0 radical (unpaired) electrons. The molecule has 1 rings (SSSR count). The molecule has 0 spiro atoms. The summed E-state index contributed by atoms with van der Waals surface area (Å²) in [5.74, 6) is 0.980. The maximum Gasteiger partial charge on any atom is 0.203 e. The minimum absolute atomic E-state index is 0.461. The fourth-order valence-corrected chi connectivity index (χ4v) is 1.64. The number of ether oxygens (including phenoxy) is 1. The van der Waals surface area contributed by atoms with Crippen molar-refractivity contribution < 1.29 is 4.74 Å². The Kier molecular flexibility index (Phi) is 6.05. The molecule has 17 heavy (non-hydrogen) atoms. The molecule has 0 saturated carbocycles. The van der Waals surface area contributed by atoms with Gasteiger partial charge in [-0.2, -0.15) is 0 Å². The van der Waals surface area contributed by atoms with Crippen LogP contribution in [0.15, 0.2) is 6.20 Å². The maximum absolute atomic E-state index is 5.35. The van der Waals surface area contributed by atoms with Crippen molar-refractivity contribution in [2.24, 2.45) is 0 Å². The van der Waals surface area contributed by atoms with E-state index in [-0.39, 0.29) is 0 Å². The van der Waals surface area contributed by atoms with Gasteiger partial charge in [0.15, 0.2) is 0 Å². The Morgan fingerprint density at radius 2 is 2.24 bits per heavy atom. The van der Waals surface area contributed by atoms with E-state index in [1.807, 2.05) is 13.8 Å². The average Bonchev–Trinajstić information content (AvgIpc) is 2.65. The van der Waals surface area contributed by atoms with Gasteiger partial charge in [-0.05, 0) is 33.6 Å². The molecule has 0 aromatic carbocycles. The topological polar surface area (TPSA) is 39.1 Å². The molecule has 98 valence electrons. The van der Waals surface area contributed by atoms with Gasteiger partial charge in [0.05, 0.1) is 5.69 Å². The van der Waals surface area contributed by atoms with E-state index in [0.717, 1.165) is 44.2 Å². The van der Waals surface area contributed by atoms with Gasteiger partial charge in [0.1, 0.15) is 0 Å². The van der Waals surface area contributed by atoms with Gasteiger partial charge in [-0.1, -0.05) is 6.92 Å². The molecule has 1 unspecified atom stereocenters. The quantitative estimate of drug-likeness (QED) is 0.709. The molecule has 1 heterocycles. The van der Waals surface area contributed by atoms with Crippen LogP contribution in [0.3, 0.4) is 0 Å². The second kappa shape index (κ2) is 7.33. The second-order valence-corrected chi connectivity index (χ2v) is 4.40. The summed E-state index contributed by atoms with van der Waals surface area (Å²) in [5, 5.41) is 3.43. The fraction of sp³-hybridized carbons (Fsp3) is 0.769. The molecule has 0 aliphatic rings. The van der Waals surface area contributed by atoms with Crippen molar-refractivity contribution in [3.05, 3.63) is 11.9 Å². The van der Waals surface area contributed by atoms with Gasteiger partial charge in [0.25, 0.3) is 0 Å². The van der Waals surface area contributed by atoms with Crippen LogP contribution in [0.1, 0.15) is 39.3 Å². The first-order valence-corrected chi connectivity index (χ1v) is 6.55. The van der Waals surface area contributed by atoms with Crippen molar-refractivity contribution in [2.45, 2.75) is 53.1 Å². The van der Waals surface area contributed by atoms with Gasteiger partial charge in [-0.3, -0.25) is 0 Å². The monoisotopic (exact) mass is 239 g/mol. The summed E-state index contributed by atoms with van der Waals surface area (Å²) < 4.78 is 7.53. The number of rotatable bonds is 8. The number of hydrogen-bond acceptors (Lipinski definition) is 3. The van der Waals surface area contributed by atoms with Crippen LogP contribution in [0.2, 0.25) is 0 Å². The predicted molar refractivity (Wildman–Crippen MR) is 71.4 cm³/mol.